The van der Waals surface area contributed by atoms with E-state index in [-0.39, 0.29) is 18.1 Å². The number of hydrogen-bond donors (Lipinski definition) is 1. The van der Waals surface area contributed by atoms with E-state index in [0.29, 0.717) is 5.69 Å². The summed E-state index contributed by atoms with van der Waals surface area (Å²) in [6, 6.07) is 16.3. The van der Waals surface area contributed by atoms with Gasteiger partial charge in [0.2, 0.25) is 0 Å². The van der Waals surface area contributed by atoms with Crippen LogP contribution in [0.4, 0.5) is 4.39 Å². The Bertz CT molecular complexity index is 827. The van der Waals surface area contributed by atoms with Crippen LogP contribution >= 0.6 is 0 Å². The van der Waals surface area contributed by atoms with Crippen LogP contribution in [0.3, 0.4) is 0 Å². The maximum atomic E-state index is 13.5. The zero-order valence-corrected chi connectivity index (χ0v) is 12.7. The van der Waals surface area contributed by atoms with Crippen LogP contribution in [0, 0.1) is 5.82 Å². The lowest BCUT2D eigenvalue weighted by atomic mass is 10.2. The summed E-state index contributed by atoms with van der Waals surface area (Å²) < 4.78 is 15.3. The van der Waals surface area contributed by atoms with Crippen LogP contribution in [-0.2, 0) is 13.6 Å². The molecule has 2 heterocycles. The van der Waals surface area contributed by atoms with Gasteiger partial charge in [0.25, 0.3) is 5.91 Å². The highest BCUT2D eigenvalue weighted by Gasteiger charge is 2.14. The minimum atomic E-state index is -0.426. The predicted molar refractivity (Wildman–Crippen MR) is 86.2 cm³/mol. The monoisotopic (exact) mass is 309 g/mol. The third-order valence-electron chi connectivity index (χ3n) is 3.68. The second-order valence-electron chi connectivity index (χ2n) is 5.14. The van der Waals surface area contributed by atoms with E-state index in [0.717, 1.165) is 11.3 Å². The van der Waals surface area contributed by atoms with Crippen molar-refractivity contribution in [3.05, 3.63) is 78.0 Å². The molecule has 5 heteroatoms. The van der Waals surface area contributed by atoms with Crippen molar-refractivity contribution < 1.29 is 9.18 Å². The lowest BCUT2D eigenvalue weighted by Gasteiger charge is -2.09. The maximum Gasteiger partial charge on any atom is 0.268 e. The number of amides is 1. The summed E-state index contributed by atoms with van der Waals surface area (Å²) in [6.45, 7) is 0.0529. The van der Waals surface area contributed by atoms with E-state index in [1.54, 1.807) is 6.07 Å². The highest BCUT2D eigenvalue weighted by atomic mass is 19.1. The Morgan fingerprint density at radius 3 is 2.65 bits per heavy atom. The highest BCUT2D eigenvalue weighted by Crippen LogP contribution is 2.21. The minimum Gasteiger partial charge on any atom is -0.345 e. The summed E-state index contributed by atoms with van der Waals surface area (Å²) in [5.41, 5.74) is 2.71. The van der Waals surface area contributed by atoms with Crippen molar-refractivity contribution in [3.8, 4) is 11.3 Å². The number of halogens is 1. The number of benzene rings is 1. The zero-order valence-electron chi connectivity index (χ0n) is 12.7. The fraction of sp³-hybridized carbons (Fsp3) is 0.111. The van der Waals surface area contributed by atoms with Crippen molar-refractivity contribution in [1.82, 2.24) is 14.9 Å². The van der Waals surface area contributed by atoms with Gasteiger partial charge >= 0.3 is 0 Å². The van der Waals surface area contributed by atoms with E-state index in [1.165, 1.54) is 18.3 Å². The molecule has 3 aromatic rings. The number of nitrogens with zero attached hydrogens (tertiary/aromatic N) is 2. The van der Waals surface area contributed by atoms with Crippen molar-refractivity contribution >= 4 is 5.91 Å². The van der Waals surface area contributed by atoms with Gasteiger partial charge in [0.05, 0.1) is 12.2 Å². The summed E-state index contributed by atoms with van der Waals surface area (Å²) in [6.07, 6.45) is 1.50. The first kappa shape index (κ1) is 15.0. The molecule has 1 aromatic carbocycles. The Balaban J connectivity index is 1.76. The number of rotatable bonds is 4. The van der Waals surface area contributed by atoms with Gasteiger partial charge < -0.3 is 9.88 Å². The average Bonchev–Trinajstić information content (AvgIpc) is 2.96. The Hall–Kier alpha value is -2.95. The van der Waals surface area contributed by atoms with Gasteiger partial charge in [-0.1, -0.05) is 30.3 Å². The van der Waals surface area contributed by atoms with Crippen LogP contribution in [0.25, 0.3) is 11.3 Å². The van der Waals surface area contributed by atoms with Gasteiger partial charge in [-0.2, -0.15) is 0 Å². The van der Waals surface area contributed by atoms with E-state index in [1.807, 2.05) is 48.0 Å². The van der Waals surface area contributed by atoms with Crippen LogP contribution in [0.15, 0.2) is 60.8 Å². The average molecular weight is 309 g/mol. The molecule has 2 aromatic heterocycles. The topological polar surface area (TPSA) is 46.9 Å². The highest BCUT2D eigenvalue weighted by molar-refractivity contribution is 5.93. The Labute approximate surface area is 133 Å². The molecule has 1 N–H and O–H groups in total. The first-order chi connectivity index (χ1) is 11.2. The number of carbonyl (C=O) groups excluding carboxylic acids is 1. The number of nitrogens with one attached hydrogen (secondary N) is 1. The Kier molecular flexibility index (Phi) is 4.19. The molecule has 0 aliphatic carbocycles. The quantitative estimate of drug-likeness (QED) is 0.805. The standard InChI is InChI=1S/C18H16FN3O/c1-22-16(13-6-3-2-4-7-13)9-10-17(22)18(23)21-12-15-14(19)8-5-11-20-15/h2-11H,12H2,1H3,(H,21,23). The fourth-order valence-corrected chi connectivity index (χ4v) is 2.44. The van der Waals surface area contributed by atoms with Crippen molar-refractivity contribution in [2.75, 3.05) is 0 Å². The van der Waals surface area contributed by atoms with Crippen molar-refractivity contribution in [2.45, 2.75) is 6.54 Å². The smallest absolute Gasteiger partial charge is 0.268 e. The molecule has 0 radical (unpaired) electrons. The molecule has 0 aliphatic heterocycles. The molecule has 116 valence electrons. The van der Waals surface area contributed by atoms with Crippen LogP contribution < -0.4 is 5.32 Å². The van der Waals surface area contributed by atoms with Crippen molar-refractivity contribution in [1.29, 1.82) is 0 Å². The lowest BCUT2D eigenvalue weighted by Crippen LogP contribution is -2.25. The molecular formula is C18H16FN3O. The summed E-state index contributed by atoms with van der Waals surface area (Å²) >= 11 is 0. The third-order valence-corrected chi connectivity index (χ3v) is 3.68. The lowest BCUT2D eigenvalue weighted by molar-refractivity contribution is 0.0942. The summed E-state index contributed by atoms with van der Waals surface area (Å²) in [5, 5.41) is 2.70. The van der Waals surface area contributed by atoms with Crippen LogP contribution in [0.5, 0.6) is 0 Å². The molecule has 0 saturated carbocycles. The zero-order chi connectivity index (χ0) is 16.2. The summed E-state index contributed by atoms with van der Waals surface area (Å²) in [5.74, 6) is -0.690. The largest absolute Gasteiger partial charge is 0.345 e. The van der Waals surface area contributed by atoms with Crippen LogP contribution in [0.1, 0.15) is 16.2 Å². The maximum absolute atomic E-state index is 13.5. The van der Waals surface area contributed by atoms with Gasteiger partial charge in [-0.25, -0.2) is 4.39 Å². The molecule has 0 bridgehead atoms. The fourth-order valence-electron chi connectivity index (χ4n) is 2.44. The molecule has 0 unspecified atom stereocenters. The van der Waals surface area contributed by atoms with E-state index in [9.17, 15) is 9.18 Å². The van der Waals surface area contributed by atoms with Gasteiger partial charge in [-0.15, -0.1) is 0 Å². The SMILES string of the molecule is Cn1c(C(=O)NCc2ncccc2F)ccc1-c1ccccc1. The van der Waals surface area contributed by atoms with E-state index < -0.39 is 5.82 Å². The number of aromatic nitrogens is 2. The Morgan fingerprint density at radius 1 is 1.13 bits per heavy atom. The first-order valence-corrected chi connectivity index (χ1v) is 7.25. The Morgan fingerprint density at radius 2 is 1.91 bits per heavy atom. The third kappa shape index (κ3) is 3.13. The second-order valence-corrected chi connectivity index (χ2v) is 5.14. The van der Waals surface area contributed by atoms with Crippen LogP contribution in [-0.4, -0.2) is 15.5 Å². The summed E-state index contributed by atoms with van der Waals surface area (Å²) in [4.78, 5) is 16.2. The molecule has 0 spiro atoms. The van der Waals surface area contributed by atoms with Gasteiger partial charge in [0.15, 0.2) is 0 Å². The van der Waals surface area contributed by atoms with E-state index in [2.05, 4.69) is 10.3 Å². The van der Waals surface area contributed by atoms with E-state index >= 15 is 0 Å². The van der Waals surface area contributed by atoms with E-state index in [4.69, 9.17) is 0 Å². The van der Waals surface area contributed by atoms with Gasteiger partial charge in [0, 0.05) is 18.9 Å². The van der Waals surface area contributed by atoms with Gasteiger partial charge in [-0.3, -0.25) is 9.78 Å². The molecule has 0 fully saturated rings. The van der Waals surface area contributed by atoms with Crippen molar-refractivity contribution in [2.24, 2.45) is 7.05 Å². The number of pyridine rings is 1. The molecule has 0 saturated heterocycles. The molecule has 1 amide bonds. The molecule has 0 aliphatic rings. The minimum absolute atomic E-state index is 0.0529. The molecule has 0 atom stereocenters. The van der Waals surface area contributed by atoms with Gasteiger partial charge in [0.1, 0.15) is 11.5 Å². The van der Waals surface area contributed by atoms with Crippen molar-refractivity contribution in [3.63, 3.8) is 0 Å². The number of hydrogen-bond acceptors (Lipinski definition) is 2. The second kappa shape index (κ2) is 6.44. The molecule has 3 rings (SSSR count). The predicted octanol–water partition coefficient (Wildman–Crippen LogP) is 3.16. The molecule has 23 heavy (non-hydrogen) atoms. The first-order valence-electron chi connectivity index (χ1n) is 7.25. The molecular weight excluding hydrogens is 293 g/mol. The molecule has 4 nitrogen and oxygen atoms in total. The number of carbonyl (C=O) groups is 1. The van der Waals surface area contributed by atoms with Crippen LogP contribution in [0.2, 0.25) is 0 Å². The van der Waals surface area contributed by atoms with Gasteiger partial charge in [-0.05, 0) is 29.8 Å². The summed E-state index contributed by atoms with van der Waals surface area (Å²) in [7, 11) is 1.83. The normalized spacial score (nSPS) is 10.5.